The van der Waals surface area contributed by atoms with Crippen molar-refractivity contribution in [1.29, 1.82) is 0 Å². The summed E-state index contributed by atoms with van der Waals surface area (Å²) in [5.41, 5.74) is 4.55. The second kappa shape index (κ2) is 16.6. The first-order valence-electron chi connectivity index (χ1n) is 18.7. The lowest BCUT2D eigenvalue weighted by molar-refractivity contribution is -0.134. The molecule has 49 heavy (non-hydrogen) atoms. The van der Waals surface area contributed by atoms with Crippen LogP contribution in [0.5, 0.6) is 0 Å². The highest BCUT2D eigenvalue weighted by atomic mass is 16.5. The predicted octanol–water partition coefficient (Wildman–Crippen LogP) is 7.43. The quantitative estimate of drug-likeness (QED) is 0.206. The Hall–Kier alpha value is -3.26. The molecular formula is C42H58N2O5. The molecule has 0 radical (unpaired) electrons. The van der Waals surface area contributed by atoms with Crippen LogP contribution in [-0.2, 0) is 21.5 Å². The van der Waals surface area contributed by atoms with Gasteiger partial charge in [-0.05, 0) is 102 Å². The van der Waals surface area contributed by atoms with Crippen LogP contribution in [0, 0.1) is 6.92 Å². The number of amides is 2. The minimum absolute atomic E-state index is 0.00492. The van der Waals surface area contributed by atoms with Gasteiger partial charge in [-0.25, -0.2) is 0 Å². The first kappa shape index (κ1) is 37.0. The third-order valence-corrected chi connectivity index (χ3v) is 11.4. The normalized spacial score (nSPS) is 19.7. The Morgan fingerprint density at radius 1 is 1.06 bits per heavy atom. The SMILES string of the molecule is CCC1(N(CCO)C(=O)C2=C(CCC(O)Cc3ccc(C)cc3C(=O)N(C[C@H]3CCCO3)C(C)(C)c3ccccc3)CCC=C2)CCCC1. The van der Waals surface area contributed by atoms with Crippen LogP contribution in [-0.4, -0.2) is 75.9 Å². The fourth-order valence-electron chi connectivity index (χ4n) is 8.31. The first-order valence-corrected chi connectivity index (χ1v) is 18.7. The van der Waals surface area contributed by atoms with Crippen molar-refractivity contribution in [2.75, 3.05) is 26.3 Å². The maximum Gasteiger partial charge on any atom is 0.254 e. The molecule has 266 valence electrons. The molecule has 5 rings (SSSR count). The number of aliphatic hydroxyl groups excluding tert-OH is 2. The molecule has 2 N–H and O–H groups in total. The van der Waals surface area contributed by atoms with Crippen LogP contribution in [0.2, 0.25) is 0 Å². The van der Waals surface area contributed by atoms with Gasteiger partial charge in [0.1, 0.15) is 0 Å². The van der Waals surface area contributed by atoms with Crippen LogP contribution in [0.3, 0.4) is 0 Å². The first-order chi connectivity index (χ1) is 23.6. The summed E-state index contributed by atoms with van der Waals surface area (Å²) in [4.78, 5) is 32.6. The van der Waals surface area contributed by atoms with Gasteiger partial charge in [0.2, 0.25) is 0 Å². The zero-order valence-corrected chi connectivity index (χ0v) is 30.3. The summed E-state index contributed by atoms with van der Waals surface area (Å²) in [6.07, 6.45) is 13.5. The average molecular weight is 671 g/mol. The summed E-state index contributed by atoms with van der Waals surface area (Å²) in [6, 6.07) is 16.1. The molecule has 2 atom stereocenters. The van der Waals surface area contributed by atoms with Crippen molar-refractivity contribution in [3.05, 3.63) is 94.1 Å². The zero-order chi connectivity index (χ0) is 35.0. The minimum Gasteiger partial charge on any atom is -0.395 e. The number of aryl methyl sites for hydroxylation is 1. The number of β-amino-alcohol motifs (C(OH)–C–C–N with tert-alkyl or cyclic N) is 1. The third-order valence-electron chi connectivity index (χ3n) is 11.4. The molecule has 7 nitrogen and oxygen atoms in total. The number of benzene rings is 2. The molecular weight excluding hydrogens is 612 g/mol. The molecule has 1 heterocycles. The van der Waals surface area contributed by atoms with E-state index in [1.807, 2.05) is 59.2 Å². The van der Waals surface area contributed by atoms with E-state index in [9.17, 15) is 19.8 Å². The monoisotopic (exact) mass is 670 g/mol. The van der Waals surface area contributed by atoms with Crippen molar-refractivity contribution in [3.63, 3.8) is 0 Å². The maximum atomic E-state index is 14.6. The molecule has 1 saturated carbocycles. The summed E-state index contributed by atoms with van der Waals surface area (Å²) < 4.78 is 6.02. The summed E-state index contributed by atoms with van der Waals surface area (Å²) in [6.45, 7) is 9.86. The smallest absolute Gasteiger partial charge is 0.254 e. The number of carbonyl (C=O) groups is 2. The van der Waals surface area contributed by atoms with Crippen molar-refractivity contribution in [2.24, 2.45) is 0 Å². The number of ether oxygens (including phenoxy) is 1. The molecule has 3 aliphatic rings. The van der Waals surface area contributed by atoms with Gasteiger partial charge in [-0.1, -0.05) is 85.5 Å². The molecule has 7 heteroatoms. The van der Waals surface area contributed by atoms with Crippen molar-refractivity contribution in [1.82, 2.24) is 9.80 Å². The summed E-state index contributed by atoms with van der Waals surface area (Å²) in [5, 5.41) is 21.4. The standard InChI is InChI=1S/C42H58N2O5/c1-5-42(23-11-12-24-42)43(25-26-45)39(47)37-18-10-9-14-32(37)21-22-35(46)29-33-20-19-31(2)28-38(33)40(48)44(30-36-17-13-27-49-36)41(3,4)34-15-7-6-8-16-34/h6-8,10,15-16,18-20,28,35-36,45-46H,5,9,11-14,17,21-27,29-30H2,1-4H3/t35?,36-/m1/s1. The topological polar surface area (TPSA) is 90.3 Å². The van der Waals surface area contributed by atoms with Crippen LogP contribution in [0.15, 0.2) is 71.8 Å². The molecule has 1 aliphatic heterocycles. The van der Waals surface area contributed by atoms with Gasteiger partial charge in [0, 0.05) is 36.4 Å². The lowest BCUT2D eigenvalue weighted by Crippen LogP contribution is -2.51. The number of aliphatic hydroxyl groups is 2. The van der Waals surface area contributed by atoms with Crippen LogP contribution >= 0.6 is 0 Å². The van der Waals surface area contributed by atoms with Crippen molar-refractivity contribution in [3.8, 4) is 0 Å². The molecule has 1 saturated heterocycles. The third kappa shape index (κ3) is 8.56. The molecule has 0 spiro atoms. The van der Waals surface area contributed by atoms with E-state index in [1.54, 1.807) is 0 Å². The molecule has 0 aromatic heterocycles. The molecule has 0 bridgehead atoms. The second-order valence-electron chi connectivity index (χ2n) is 15.0. The fraction of sp³-hybridized carbons (Fsp3) is 0.571. The van der Waals surface area contributed by atoms with E-state index in [4.69, 9.17) is 4.74 Å². The van der Waals surface area contributed by atoms with Gasteiger partial charge in [-0.3, -0.25) is 9.59 Å². The second-order valence-corrected chi connectivity index (χ2v) is 15.0. The van der Waals surface area contributed by atoms with Gasteiger partial charge in [-0.2, -0.15) is 0 Å². The van der Waals surface area contributed by atoms with Gasteiger partial charge < -0.3 is 24.7 Å². The Kier molecular flexibility index (Phi) is 12.6. The van der Waals surface area contributed by atoms with Crippen LogP contribution in [0.1, 0.15) is 118 Å². The Bertz CT molecular complexity index is 1480. The molecule has 1 unspecified atom stereocenters. The molecule has 2 aliphatic carbocycles. The van der Waals surface area contributed by atoms with E-state index < -0.39 is 11.6 Å². The summed E-state index contributed by atoms with van der Waals surface area (Å²) in [7, 11) is 0. The minimum atomic E-state index is -0.678. The van der Waals surface area contributed by atoms with E-state index in [0.717, 1.165) is 92.2 Å². The molecule has 2 aromatic rings. The highest BCUT2D eigenvalue weighted by molar-refractivity contribution is 5.98. The van der Waals surface area contributed by atoms with E-state index in [0.29, 0.717) is 37.9 Å². The lowest BCUT2D eigenvalue weighted by atomic mass is 9.87. The number of rotatable bonds is 15. The average Bonchev–Trinajstić information content (AvgIpc) is 3.83. The van der Waals surface area contributed by atoms with E-state index in [1.165, 1.54) is 0 Å². The Balaban J connectivity index is 1.35. The number of hydrogen-bond acceptors (Lipinski definition) is 5. The van der Waals surface area contributed by atoms with E-state index in [-0.39, 0.29) is 30.1 Å². The van der Waals surface area contributed by atoms with Gasteiger partial charge in [-0.15, -0.1) is 0 Å². The number of hydrogen-bond donors (Lipinski definition) is 2. The summed E-state index contributed by atoms with van der Waals surface area (Å²) >= 11 is 0. The van der Waals surface area contributed by atoms with Crippen LogP contribution in [0.4, 0.5) is 0 Å². The molecule has 2 aromatic carbocycles. The fourth-order valence-corrected chi connectivity index (χ4v) is 8.31. The molecule has 2 fully saturated rings. The van der Waals surface area contributed by atoms with Crippen molar-refractivity contribution >= 4 is 11.8 Å². The maximum absolute atomic E-state index is 14.6. The Morgan fingerprint density at radius 3 is 2.49 bits per heavy atom. The number of nitrogens with zero attached hydrogens (tertiary/aromatic N) is 2. The van der Waals surface area contributed by atoms with E-state index >= 15 is 0 Å². The lowest BCUT2D eigenvalue weighted by Gasteiger charge is -2.41. The predicted molar refractivity (Wildman–Crippen MR) is 195 cm³/mol. The van der Waals surface area contributed by atoms with Crippen molar-refractivity contribution < 1.29 is 24.5 Å². The number of carbonyl (C=O) groups excluding carboxylic acids is 2. The number of allylic oxidation sites excluding steroid dienone is 2. The van der Waals surface area contributed by atoms with Crippen molar-refractivity contribution in [2.45, 2.75) is 128 Å². The van der Waals surface area contributed by atoms with Gasteiger partial charge in [0.05, 0.1) is 24.4 Å². The van der Waals surface area contributed by atoms with Gasteiger partial charge >= 0.3 is 0 Å². The Labute approximate surface area is 294 Å². The zero-order valence-electron chi connectivity index (χ0n) is 30.3. The van der Waals surface area contributed by atoms with Gasteiger partial charge in [0.25, 0.3) is 11.8 Å². The van der Waals surface area contributed by atoms with Crippen LogP contribution < -0.4 is 0 Å². The Morgan fingerprint density at radius 2 is 1.82 bits per heavy atom. The summed E-state index contributed by atoms with van der Waals surface area (Å²) in [5.74, 6) is -0.0407. The largest absolute Gasteiger partial charge is 0.395 e. The molecule has 2 amide bonds. The van der Waals surface area contributed by atoms with Gasteiger partial charge in [0.15, 0.2) is 0 Å². The van der Waals surface area contributed by atoms with Crippen LogP contribution in [0.25, 0.3) is 0 Å². The highest BCUT2D eigenvalue weighted by Gasteiger charge is 2.41. The van der Waals surface area contributed by atoms with E-state index in [2.05, 4.69) is 39.0 Å². The highest BCUT2D eigenvalue weighted by Crippen LogP contribution is 2.40.